The minimum absolute atomic E-state index is 0.153. The lowest BCUT2D eigenvalue weighted by Gasteiger charge is -2.07. The van der Waals surface area contributed by atoms with Crippen LogP contribution in [0.5, 0.6) is 5.75 Å². The van der Waals surface area contributed by atoms with E-state index in [2.05, 4.69) is 0 Å². The van der Waals surface area contributed by atoms with E-state index in [1.807, 2.05) is 0 Å². The van der Waals surface area contributed by atoms with Gasteiger partial charge in [-0.05, 0) is 18.2 Å². The Kier molecular flexibility index (Phi) is 3.55. The monoisotopic (exact) mass is 210 g/mol. The van der Waals surface area contributed by atoms with Gasteiger partial charge in [0.2, 0.25) is 0 Å². The van der Waals surface area contributed by atoms with Crippen LogP contribution in [0.2, 0.25) is 0 Å². The average Bonchev–Trinajstić information content (AvgIpc) is 2.20. The van der Waals surface area contributed by atoms with Crippen molar-refractivity contribution in [2.75, 3.05) is 0 Å². The number of aldehydes is 1. The number of halogens is 1. The van der Waals surface area contributed by atoms with Crippen LogP contribution in [0.3, 0.4) is 0 Å². The third kappa shape index (κ3) is 2.87. The van der Waals surface area contributed by atoms with Crippen molar-refractivity contribution < 1.29 is 18.7 Å². The number of ether oxygens (including phenoxy) is 1. The number of hydrogen-bond acceptors (Lipinski definition) is 3. The normalized spacial score (nSPS) is 10.1. The Labute approximate surface area is 86.9 Å². The molecule has 1 aromatic rings. The van der Waals surface area contributed by atoms with Gasteiger partial charge in [-0.1, -0.05) is 13.8 Å². The van der Waals surface area contributed by atoms with Crippen molar-refractivity contribution in [2.24, 2.45) is 5.92 Å². The molecule has 0 saturated carbocycles. The van der Waals surface area contributed by atoms with Gasteiger partial charge in [-0.3, -0.25) is 9.59 Å². The highest BCUT2D eigenvalue weighted by molar-refractivity contribution is 5.77. The fourth-order valence-electron chi connectivity index (χ4n) is 0.899. The summed E-state index contributed by atoms with van der Waals surface area (Å²) < 4.78 is 18.0. The first kappa shape index (κ1) is 11.4. The molecule has 0 unspecified atom stereocenters. The molecule has 0 aliphatic heterocycles. The summed E-state index contributed by atoms with van der Waals surface area (Å²) in [7, 11) is 0. The molecule has 0 aromatic heterocycles. The molecule has 0 bridgehead atoms. The zero-order valence-electron chi connectivity index (χ0n) is 8.49. The fourth-order valence-corrected chi connectivity index (χ4v) is 0.899. The molecule has 4 heteroatoms. The van der Waals surface area contributed by atoms with Crippen molar-refractivity contribution in [3.05, 3.63) is 29.6 Å². The molecule has 1 aromatic carbocycles. The van der Waals surface area contributed by atoms with E-state index >= 15 is 0 Å². The summed E-state index contributed by atoms with van der Waals surface area (Å²) in [6, 6.07) is 3.67. The molecule has 1 rings (SSSR count). The standard InChI is InChI=1S/C11H11FO3/c1-7(2)11(14)15-10-4-3-8(6-13)5-9(10)12/h3-7H,1-2H3. The summed E-state index contributed by atoms with van der Waals surface area (Å²) >= 11 is 0. The second kappa shape index (κ2) is 4.68. The Morgan fingerprint density at radius 3 is 2.60 bits per heavy atom. The molecule has 0 saturated heterocycles. The van der Waals surface area contributed by atoms with Crippen molar-refractivity contribution >= 4 is 12.3 Å². The molecule has 0 amide bonds. The van der Waals surface area contributed by atoms with Crippen LogP contribution in [0.15, 0.2) is 18.2 Å². The predicted octanol–water partition coefficient (Wildman–Crippen LogP) is 2.20. The summed E-state index contributed by atoms with van der Waals surface area (Å²) in [5, 5.41) is 0. The van der Waals surface area contributed by atoms with E-state index < -0.39 is 11.8 Å². The molecule has 0 heterocycles. The smallest absolute Gasteiger partial charge is 0.313 e. The molecule has 15 heavy (non-hydrogen) atoms. The predicted molar refractivity (Wildman–Crippen MR) is 52.3 cm³/mol. The van der Waals surface area contributed by atoms with E-state index in [-0.39, 0.29) is 17.2 Å². The van der Waals surface area contributed by atoms with Gasteiger partial charge in [-0.2, -0.15) is 0 Å². The van der Waals surface area contributed by atoms with E-state index in [0.29, 0.717) is 6.29 Å². The largest absolute Gasteiger partial charge is 0.423 e. The fraction of sp³-hybridized carbons (Fsp3) is 0.273. The van der Waals surface area contributed by atoms with Crippen LogP contribution in [0.1, 0.15) is 24.2 Å². The molecule has 0 radical (unpaired) electrons. The minimum atomic E-state index is -0.714. The summed E-state index contributed by atoms with van der Waals surface area (Å²) in [5.74, 6) is -1.70. The van der Waals surface area contributed by atoms with Crippen molar-refractivity contribution in [3.8, 4) is 5.75 Å². The van der Waals surface area contributed by atoms with Crippen molar-refractivity contribution in [3.63, 3.8) is 0 Å². The first-order valence-electron chi connectivity index (χ1n) is 4.51. The SMILES string of the molecule is CC(C)C(=O)Oc1ccc(C=O)cc1F. The van der Waals surface area contributed by atoms with Gasteiger partial charge in [0, 0.05) is 5.56 Å². The van der Waals surface area contributed by atoms with Crippen LogP contribution in [-0.4, -0.2) is 12.3 Å². The number of rotatable bonds is 3. The second-order valence-corrected chi connectivity index (χ2v) is 3.38. The van der Waals surface area contributed by atoms with Crippen molar-refractivity contribution in [2.45, 2.75) is 13.8 Å². The number of hydrogen-bond donors (Lipinski definition) is 0. The van der Waals surface area contributed by atoms with Gasteiger partial charge < -0.3 is 4.74 Å². The number of esters is 1. The lowest BCUT2D eigenvalue weighted by molar-refractivity contribution is -0.137. The van der Waals surface area contributed by atoms with Crippen LogP contribution in [0.25, 0.3) is 0 Å². The Balaban J connectivity index is 2.87. The van der Waals surface area contributed by atoms with Gasteiger partial charge in [0.25, 0.3) is 0 Å². The molecular formula is C11H11FO3. The van der Waals surface area contributed by atoms with Gasteiger partial charge in [0.1, 0.15) is 6.29 Å². The number of carbonyl (C=O) groups excluding carboxylic acids is 2. The van der Waals surface area contributed by atoms with E-state index in [9.17, 15) is 14.0 Å². The number of benzene rings is 1. The Bertz CT molecular complexity index is 385. The van der Waals surface area contributed by atoms with Crippen LogP contribution < -0.4 is 4.74 Å². The summed E-state index contributed by atoms with van der Waals surface area (Å²) in [6.07, 6.45) is 0.525. The molecule has 0 aliphatic carbocycles. The lowest BCUT2D eigenvalue weighted by atomic mass is 10.2. The Morgan fingerprint density at radius 1 is 1.47 bits per heavy atom. The second-order valence-electron chi connectivity index (χ2n) is 3.38. The molecule has 0 atom stereocenters. The zero-order valence-corrected chi connectivity index (χ0v) is 8.49. The van der Waals surface area contributed by atoms with E-state index in [0.717, 1.165) is 6.07 Å². The van der Waals surface area contributed by atoms with Crippen LogP contribution in [0, 0.1) is 11.7 Å². The third-order valence-electron chi connectivity index (χ3n) is 1.77. The Morgan fingerprint density at radius 2 is 2.13 bits per heavy atom. The molecule has 80 valence electrons. The average molecular weight is 210 g/mol. The highest BCUT2D eigenvalue weighted by Gasteiger charge is 2.12. The first-order valence-corrected chi connectivity index (χ1v) is 4.51. The molecular weight excluding hydrogens is 199 g/mol. The van der Waals surface area contributed by atoms with Crippen molar-refractivity contribution in [1.29, 1.82) is 0 Å². The third-order valence-corrected chi connectivity index (χ3v) is 1.77. The topological polar surface area (TPSA) is 43.4 Å². The zero-order chi connectivity index (χ0) is 11.4. The van der Waals surface area contributed by atoms with Gasteiger partial charge in [0.05, 0.1) is 5.92 Å². The molecule has 0 aliphatic rings. The quantitative estimate of drug-likeness (QED) is 0.436. The van der Waals surface area contributed by atoms with E-state index in [1.165, 1.54) is 12.1 Å². The number of carbonyl (C=O) groups is 2. The van der Waals surface area contributed by atoms with Crippen LogP contribution in [-0.2, 0) is 4.79 Å². The van der Waals surface area contributed by atoms with Crippen LogP contribution >= 0.6 is 0 Å². The summed E-state index contributed by atoms with van der Waals surface area (Å²) in [6.45, 7) is 3.31. The van der Waals surface area contributed by atoms with Crippen LogP contribution in [0.4, 0.5) is 4.39 Å². The summed E-state index contributed by atoms with van der Waals surface area (Å²) in [5.41, 5.74) is 0.205. The minimum Gasteiger partial charge on any atom is -0.423 e. The lowest BCUT2D eigenvalue weighted by Crippen LogP contribution is -2.15. The van der Waals surface area contributed by atoms with Gasteiger partial charge in [0.15, 0.2) is 11.6 Å². The van der Waals surface area contributed by atoms with Gasteiger partial charge >= 0.3 is 5.97 Å². The first-order chi connectivity index (χ1) is 7.04. The Hall–Kier alpha value is -1.71. The van der Waals surface area contributed by atoms with Gasteiger partial charge in [-0.25, -0.2) is 4.39 Å². The van der Waals surface area contributed by atoms with Crippen molar-refractivity contribution in [1.82, 2.24) is 0 Å². The molecule has 0 N–H and O–H groups in total. The van der Waals surface area contributed by atoms with E-state index in [1.54, 1.807) is 13.8 Å². The highest BCUT2D eigenvalue weighted by Crippen LogP contribution is 2.18. The molecule has 0 fully saturated rings. The van der Waals surface area contributed by atoms with E-state index in [4.69, 9.17) is 4.74 Å². The molecule has 0 spiro atoms. The molecule has 3 nitrogen and oxygen atoms in total. The maximum absolute atomic E-state index is 13.2. The maximum atomic E-state index is 13.2. The maximum Gasteiger partial charge on any atom is 0.313 e. The van der Waals surface area contributed by atoms with Gasteiger partial charge in [-0.15, -0.1) is 0 Å². The highest BCUT2D eigenvalue weighted by atomic mass is 19.1. The summed E-state index contributed by atoms with van der Waals surface area (Å²) in [4.78, 5) is 21.5.